The second-order valence-corrected chi connectivity index (χ2v) is 5.01. The molecule has 2 aromatic rings. The zero-order valence-corrected chi connectivity index (χ0v) is 12.1. The topological polar surface area (TPSA) is 35.5 Å². The number of ketones is 1. The average molecular weight is 298 g/mol. The number of rotatable bonds is 2. The molecule has 112 valence electrons. The summed E-state index contributed by atoms with van der Waals surface area (Å²) in [7, 11) is 1.59. The van der Waals surface area contributed by atoms with Crippen LogP contribution in [0.3, 0.4) is 0 Å². The minimum Gasteiger partial charge on any atom is -0.497 e. The van der Waals surface area contributed by atoms with Crippen LogP contribution in [0.15, 0.2) is 48.0 Å². The van der Waals surface area contributed by atoms with Crippen LogP contribution in [0.2, 0.25) is 0 Å². The highest BCUT2D eigenvalue weighted by Gasteiger charge is 2.21. The number of fused-ring (bicyclic) bond motifs is 1. The van der Waals surface area contributed by atoms with Gasteiger partial charge >= 0.3 is 0 Å². The predicted molar refractivity (Wildman–Crippen MR) is 81.8 cm³/mol. The van der Waals surface area contributed by atoms with E-state index in [1.165, 1.54) is 18.2 Å². The van der Waals surface area contributed by atoms with Crippen LogP contribution in [0, 0.1) is 5.82 Å². The Balaban J connectivity index is 2.00. The molecular formula is C18H15FO3. The lowest BCUT2D eigenvalue weighted by molar-refractivity contribution is 0.103. The van der Waals surface area contributed by atoms with E-state index in [2.05, 4.69) is 0 Å². The largest absolute Gasteiger partial charge is 0.497 e. The molecule has 0 aromatic heterocycles. The van der Waals surface area contributed by atoms with E-state index in [1.54, 1.807) is 13.2 Å². The summed E-state index contributed by atoms with van der Waals surface area (Å²) < 4.78 is 24.1. The van der Waals surface area contributed by atoms with Gasteiger partial charge in [0.05, 0.1) is 19.3 Å². The van der Waals surface area contributed by atoms with Gasteiger partial charge in [-0.25, -0.2) is 4.39 Å². The minimum atomic E-state index is -0.446. The zero-order chi connectivity index (χ0) is 15.5. The van der Waals surface area contributed by atoms with Gasteiger partial charge in [0, 0.05) is 12.0 Å². The van der Waals surface area contributed by atoms with Crippen molar-refractivity contribution in [3.8, 4) is 11.5 Å². The summed E-state index contributed by atoms with van der Waals surface area (Å²) >= 11 is 0. The molecule has 1 aliphatic rings. The first-order chi connectivity index (χ1) is 10.7. The summed E-state index contributed by atoms with van der Waals surface area (Å²) in [6, 6.07) is 11.4. The van der Waals surface area contributed by atoms with Crippen molar-refractivity contribution < 1.29 is 18.7 Å². The standard InChI is InChI=1S/C18H15FO3/c1-21-15-4-2-3-12(10-15)9-13-7-8-22-17-6-5-14(19)11-16(17)18(13)20/h2-6,9-11H,7-8H2,1H3/b13-9+. The van der Waals surface area contributed by atoms with Crippen molar-refractivity contribution in [2.75, 3.05) is 13.7 Å². The second kappa shape index (κ2) is 6.02. The van der Waals surface area contributed by atoms with Crippen LogP contribution in [0.1, 0.15) is 22.3 Å². The lowest BCUT2D eigenvalue weighted by Crippen LogP contribution is -2.02. The highest BCUT2D eigenvalue weighted by atomic mass is 19.1. The number of hydrogen-bond donors (Lipinski definition) is 0. The van der Waals surface area contributed by atoms with Crippen molar-refractivity contribution in [2.24, 2.45) is 0 Å². The zero-order valence-electron chi connectivity index (χ0n) is 12.1. The lowest BCUT2D eigenvalue weighted by Gasteiger charge is -2.05. The molecule has 3 nitrogen and oxygen atoms in total. The number of carbonyl (C=O) groups excluding carboxylic acids is 1. The van der Waals surface area contributed by atoms with Crippen LogP contribution in [0.5, 0.6) is 11.5 Å². The first-order valence-corrected chi connectivity index (χ1v) is 6.99. The van der Waals surface area contributed by atoms with Gasteiger partial charge in [0.15, 0.2) is 5.78 Å². The number of hydrogen-bond acceptors (Lipinski definition) is 3. The maximum Gasteiger partial charge on any atom is 0.192 e. The van der Waals surface area contributed by atoms with E-state index in [0.717, 1.165) is 11.3 Å². The monoisotopic (exact) mass is 298 g/mol. The molecule has 0 fully saturated rings. The van der Waals surface area contributed by atoms with Crippen LogP contribution < -0.4 is 9.47 Å². The molecule has 0 aliphatic carbocycles. The van der Waals surface area contributed by atoms with Gasteiger partial charge in [-0.15, -0.1) is 0 Å². The number of carbonyl (C=O) groups is 1. The maximum absolute atomic E-state index is 13.4. The van der Waals surface area contributed by atoms with E-state index in [4.69, 9.17) is 9.47 Å². The first-order valence-electron chi connectivity index (χ1n) is 6.99. The minimum absolute atomic E-state index is 0.199. The summed E-state index contributed by atoms with van der Waals surface area (Å²) in [5, 5.41) is 0. The fraction of sp³-hybridized carbons (Fsp3) is 0.167. The van der Waals surface area contributed by atoms with Crippen LogP contribution >= 0.6 is 0 Å². The van der Waals surface area contributed by atoms with Crippen molar-refractivity contribution in [1.82, 2.24) is 0 Å². The third-order valence-electron chi connectivity index (χ3n) is 3.54. The third kappa shape index (κ3) is 2.86. The van der Waals surface area contributed by atoms with E-state index in [0.29, 0.717) is 24.4 Å². The van der Waals surface area contributed by atoms with E-state index >= 15 is 0 Å². The maximum atomic E-state index is 13.4. The van der Waals surface area contributed by atoms with E-state index in [-0.39, 0.29) is 11.3 Å². The molecule has 0 saturated carbocycles. The molecule has 0 atom stereocenters. The highest BCUT2D eigenvalue weighted by Crippen LogP contribution is 2.28. The molecule has 1 aliphatic heterocycles. The summed E-state index contributed by atoms with van der Waals surface area (Å²) in [6.07, 6.45) is 2.28. The molecule has 0 radical (unpaired) electrons. The van der Waals surface area contributed by atoms with Gasteiger partial charge in [-0.1, -0.05) is 12.1 Å². The molecule has 1 heterocycles. The van der Waals surface area contributed by atoms with Crippen molar-refractivity contribution in [1.29, 1.82) is 0 Å². The van der Waals surface area contributed by atoms with Gasteiger partial charge < -0.3 is 9.47 Å². The van der Waals surface area contributed by atoms with Gasteiger partial charge in [-0.2, -0.15) is 0 Å². The smallest absolute Gasteiger partial charge is 0.192 e. The molecule has 4 heteroatoms. The van der Waals surface area contributed by atoms with Gasteiger partial charge in [0.25, 0.3) is 0 Å². The van der Waals surface area contributed by atoms with E-state index < -0.39 is 5.82 Å². The van der Waals surface area contributed by atoms with Crippen molar-refractivity contribution in [3.63, 3.8) is 0 Å². The average Bonchev–Trinajstić information content (AvgIpc) is 2.68. The highest BCUT2D eigenvalue weighted by molar-refractivity contribution is 6.13. The Bertz CT molecular complexity index is 750. The Kier molecular flexibility index (Phi) is 3.92. The fourth-order valence-electron chi connectivity index (χ4n) is 2.43. The van der Waals surface area contributed by atoms with Gasteiger partial charge in [-0.3, -0.25) is 4.79 Å². The number of Topliss-reactive ketones (excluding diaryl/α,β-unsaturated/α-hetero) is 1. The van der Waals surface area contributed by atoms with E-state index in [9.17, 15) is 9.18 Å². The molecule has 0 N–H and O–H groups in total. The van der Waals surface area contributed by atoms with Gasteiger partial charge in [0.1, 0.15) is 17.3 Å². The molecule has 22 heavy (non-hydrogen) atoms. The first kappa shape index (κ1) is 14.3. The molecule has 0 spiro atoms. The molecule has 0 unspecified atom stereocenters. The third-order valence-corrected chi connectivity index (χ3v) is 3.54. The Morgan fingerprint density at radius 1 is 1.23 bits per heavy atom. The molecular weight excluding hydrogens is 283 g/mol. The predicted octanol–water partition coefficient (Wildman–Crippen LogP) is 3.88. The van der Waals surface area contributed by atoms with Crippen LogP contribution in [-0.4, -0.2) is 19.5 Å². The van der Waals surface area contributed by atoms with E-state index in [1.807, 2.05) is 24.3 Å². The molecule has 2 aromatic carbocycles. The summed E-state index contributed by atoms with van der Waals surface area (Å²) in [5.74, 6) is 0.506. The lowest BCUT2D eigenvalue weighted by atomic mass is 9.99. The van der Waals surface area contributed by atoms with Crippen LogP contribution in [0.25, 0.3) is 6.08 Å². The quantitative estimate of drug-likeness (QED) is 0.789. The molecule has 0 saturated heterocycles. The second-order valence-electron chi connectivity index (χ2n) is 5.01. The van der Waals surface area contributed by atoms with Crippen molar-refractivity contribution in [2.45, 2.75) is 6.42 Å². The van der Waals surface area contributed by atoms with Crippen molar-refractivity contribution >= 4 is 11.9 Å². The Morgan fingerprint density at radius 3 is 2.91 bits per heavy atom. The summed E-state index contributed by atoms with van der Waals surface area (Å²) in [6.45, 7) is 0.389. The fourth-order valence-corrected chi connectivity index (χ4v) is 2.43. The molecule has 3 rings (SSSR count). The van der Waals surface area contributed by atoms with Crippen molar-refractivity contribution in [3.05, 3.63) is 65.0 Å². The Morgan fingerprint density at radius 2 is 2.09 bits per heavy atom. The SMILES string of the molecule is COc1cccc(/C=C2\CCOc3ccc(F)cc3C2=O)c1. The number of methoxy groups -OCH3 is 1. The number of benzene rings is 2. The number of ether oxygens (including phenoxy) is 2. The van der Waals surface area contributed by atoms with Gasteiger partial charge in [-0.05, 0) is 42.0 Å². The molecule has 0 bridgehead atoms. The van der Waals surface area contributed by atoms with Crippen LogP contribution in [-0.2, 0) is 0 Å². The normalized spacial score (nSPS) is 15.9. The number of halogens is 1. The van der Waals surface area contributed by atoms with Crippen LogP contribution in [0.4, 0.5) is 4.39 Å². The Hall–Kier alpha value is -2.62. The summed E-state index contributed by atoms with van der Waals surface area (Å²) in [4.78, 5) is 12.6. The molecule has 0 amide bonds. The van der Waals surface area contributed by atoms with Gasteiger partial charge in [0.2, 0.25) is 0 Å². The summed E-state index contributed by atoms with van der Waals surface area (Å²) in [5.41, 5.74) is 1.73. The Labute approximate surface area is 128 Å².